The molecule has 1 heterocycles. The molecule has 0 radical (unpaired) electrons. The number of halogens is 1. The molecule has 2 aromatic rings. The molecule has 164 valence electrons. The summed E-state index contributed by atoms with van der Waals surface area (Å²) in [6.07, 6.45) is 2.67. The third kappa shape index (κ3) is 4.38. The molecule has 2 aliphatic rings. The van der Waals surface area contributed by atoms with Crippen LogP contribution in [0.3, 0.4) is 0 Å². The fourth-order valence-corrected chi connectivity index (χ4v) is 4.58. The fourth-order valence-electron chi connectivity index (χ4n) is 4.58. The van der Waals surface area contributed by atoms with Gasteiger partial charge in [0.25, 0.3) is 0 Å². The number of hydrogen-bond donors (Lipinski definition) is 1. The summed E-state index contributed by atoms with van der Waals surface area (Å²) >= 11 is 0. The molecule has 4 nitrogen and oxygen atoms in total. The Morgan fingerprint density at radius 3 is 2.71 bits per heavy atom. The summed E-state index contributed by atoms with van der Waals surface area (Å²) in [5, 5.41) is 3.42. The third-order valence-corrected chi connectivity index (χ3v) is 6.31. The lowest BCUT2D eigenvalue weighted by Gasteiger charge is -2.34. The van der Waals surface area contributed by atoms with E-state index < -0.39 is 0 Å². The quantitative estimate of drug-likeness (QED) is 0.768. The molecular weight excluding hydrogens is 391 g/mol. The molecule has 5 heteroatoms. The highest BCUT2D eigenvalue weighted by Crippen LogP contribution is 2.35. The van der Waals surface area contributed by atoms with E-state index in [1.54, 1.807) is 19.3 Å². The van der Waals surface area contributed by atoms with E-state index in [2.05, 4.69) is 37.1 Å². The number of carbonyl (C=O) groups excluding carboxylic acids is 1. The molecule has 31 heavy (non-hydrogen) atoms. The highest BCUT2D eigenvalue weighted by Gasteiger charge is 2.24. The molecule has 1 N–H and O–H groups in total. The van der Waals surface area contributed by atoms with Crippen molar-refractivity contribution in [1.82, 2.24) is 5.32 Å². The normalized spacial score (nSPS) is 19.2. The number of allylic oxidation sites excluding steroid dienone is 1. The van der Waals surface area contributed by atoms with Gasteiger partial charge in [0, 0.05) is 48.9 Å². The summed E-state index contributed by atoms with van der Waals surface area (Å²) < 4.78 is 20.8. The first-order chi connectivity index (χ1) is 14.9. The van der Waals surface area contributed by atoms with Gasteiger partial charge in [0.15, 0.2) is 5.78 Å². The predicted molar refractivity (Wildman–Crippen MR) is 124 cm³/mol. The maximum atomic E-state index is 15.3. The molecule has 1 aliphatic carbocycles. The van der Waals surface area contributed by atoms with Crippen LogP contribution in [0.4, 0.5) is 10.1 Å². The Labute approximate surface area is 184 Å². The fraction of sp³-hybridized carbons (Fsp3) is 0.423. The third-order valence-electron chi connectivity index (χ3n) is 6.31. The van der Waals surface area contributed by atoms with Crippen LogP contribution in [0.5, 0.6) is 5.75 Å². The standard InChI is InChI=1S/C26H31FN2O2/c1-16(2)21-12-19(6-8-26(21)31-4)23-14-22-18(5-7-25(23)30)11-20(13-24(22)27)29-10-9-28-17(3)15-29/h6,8,11-14,16-17,28H,5,7,9-10,15H2,1-4H3/t17-/m1/s1. The molecule has 2 aromatic carbocycles. The molecule has 4 rings (SSSR count). The highest BCUT2D eigenvalue weighted by molar-refractivity contribution is 6.26. The molecule has 1 aliphatic heterocycles. The van der Waals surface area contributed by atoms with Crippen LogP contribution in [0.1, 0.15) is 55.4 Å². The smallest absolute Gasteiger partial charge is 0.163 e. The highest BCUT2D eigenvalue weighted by atomic mass is 19.1. The second kappa shape index (κ2) is 8.83. The van der Waals surface area contributed by atoms with E-state index in [1.165, 1.54) is 0 Å². The summed E-state index contributed by atoms with van der Waals surface area (Å²) in [4.78, 5) is 15.2. The summed E-state index contributed by atoms with van der Waals surface area (Å²) in [7, 11) is 1.65. The number of methoxy groups -OCH3 is 1. The van der Waals surface area contributed by atoms with Gasteiger partial charge < -0.3 is 15.0 Å². The second-order valence-electron chi connectivity index (χ2n) is 8.89. The van der Waals surface area contributed by atoms with Crippen molar-refractivity contribution in [3.05, 3.63) is 58.4 Å². The molecule has 1 saturated heterocycles. The van der Waals surface area contributed by atoms with Crippen LogP contribution in [0.25, 0.3) is 11.6 Å². The Morgan fingerprint density at radius 2 is 2.00 bits per heavy atom. The maximum absolute atomic E-state index is 15.3. The van der Waals surface area contributed by atoms with Crippen LogP contribution in [0.2, 0.25) is 0 Å². The first-order valence-electron chi connectivity index (χ1n) is 11.1. The number of aryl methyl sites for hydroxylation is 1. The molecule has 0 aromatic heterocycles. The summed E-state index contributed by atoms with van der Waals surface area (Å²) in [6, 6.07) is 9.86. The van der Waals surface area contributed by atoms with E-state index in [4.69, 9.17) is 4.74 Å². The molecule has 1 atom stereocenters. The Balaban J connectivity index is 1.75. The van der Waals surface area contributed by atoms with Crippen molar-refractivity contribution >= 4 is 23.1 Å². The van der Waals surface area contributed by atoms with Crippen LogP contribution in [0, 0.1) is 5.82 Å². The van der Waals surface area contributed by atoms with Crippen molar-refractivity contribution in [3.8, 4) is 5.75 Å². The Kier molecular flexibility index (Phi) is 6.15. The zero-order valence-electron chi connectivity index (χ0n) is 18.8. The molecule has 0 unspecified atom stereocenters. The first kappa shape index (κ1) is 21.6. The van der Waals surface area contributed by atoms with Crippen molar-refractivity contribution in [1.29, 1.82) is 0 Å². The van der Waals surface area contributed by atoms with Gasteiger partial charge in [0.05, 0.1) is 7.11 Å². The SMILES string of the molecule is COc1ccc(C2=Cc3c(F)cc(N4CCN[C@H](C)C4)cc3CCC2=O)cc1C(C)C. The van der Waals surface area contributed by atoms with Crippen LogP contribution < -0.4 is 15.0 Å². The summed E-state index contributed by atoms with van der Waals surface area (Å²) in [5.74, 6) is 0.850. The van der Waals surface area contributed by atoms with Crippen molar-refractivity contribution in [2.24, 2.45) is 0 Å². The molecule has 0 amide bonds. The van der Waals surface area contributed by atoms with Gasteiger partial charge in [0.1, 0.15) is 11.6 Å². The molecule has 1 fully saturated rings. The number of ketones is 1. The number of nitrogens with one attached hydrogen (secondary N) is 1. The number of ether oxygens (including phenoxy) is 1. The van der Waals surface area contributed by atoms with Crippen LogP contribution in [0.15, 0.2) is 30.3 Å². The van der Waals surface area contributed by atoms with Crippen molar-refractivity contribution in [3.63, 3.8) is 0 Å². The average Bonchev–Trinajstić information content (AvgIpc) is 2.92. The molecule has 0 saturated carbocycles. The van der Waals surface area contributed by atoms with Crippen molar-refractivity contribution in [2.75, 3.05) is 31.6 Å². The Morgan fingerprint density at radius 1 is 1.19 bits per heavy atom. The van der Waals surface area contributed by atoms with Gasteiger partial charge in [0.2, 0.25) is 0 Å². The molecule has 0 bridgehead atoms. The van der Waals surface area contributed by atoms with Gasteiger partial charge in [-0.1, -0.05) is 19.9 Å². The number of anilines is 1. The number of piperazine rings is 1. The van der Waals surface area contributed by atoms with Gasteiger partial charge >= 0.3 is 0 Å². The van der Waals surface area contributed by atoms with E-state index in [1.807, 2.05) is 18.2 Å². The zero-order chi connectivity index (χ0) is 22.1. The Bertz CT molecular complexity index is 1030. The molecular formula is C26H31FN2O2. The van der Waals surface area contributed by atoms with Crippen LogP contribution >= 0.6 is 0 Å². The van der Waals surface area contributed by atoms with Crippen molar-refractivity contribution in [2.45, 2.75) is 45.6 Å². The number of benzene rings is 2. The summed E-state index contributed by atoms with van der Waals surface area (Å²) in [5.41, 5.74) is 4.78. The van der Waals surface area contributed by atoms with Crippen LogP contribution in [-0.4, -0.2) is 38.6 Å². The van der Waals surface area contributed by atoms with Gasteiger partial charge in [-0.2, -0.15) is 0 Å². The van der Waals surface area contributed by atoms with Crippen LogP contribution in [-0.2, 0) is 11.2 Å². The monoisotopic (exact) mass is 422 g/mol. The second-order valence-corrected chi connectivity index (χ2v) is 8.89. The number of nitrogens with zero attached hydrogens (tertiary/aromatic N) is 1. The van der Waals surface area contributed by atoms with Crippen molar-refractivity contribution < 1.29 is 13.9 Å². The average molecular weight is 423 g/mol. The lowest BCUT2D eigenvalue weighted by molar-refractivity contribution is -0.113. The summed E-state index contributed by atoms with van der Waals surface area (Å²) in [6.45, 7) is 8.92. The topological polar surface area (TPSA) is 41.6 Å². The zero-order valence-corrected chi connectivity index (χ0v) is 18.8. The number of hydrogen-bond acceptors (Lipinski definition) is 4. The van der Waals surface area contributed by atoms with Gasteiger partial charge in [-0.3, -0.25) is 4.79 Å². The lowest BCUT2D eigenvalue weighted by atomic mass is 9.93. The number of rotatable bonds is 4. The maximum Gasteiger partial charge on any atom is 0.163 e. The minimum atomic E-state index is -0.261. The number of Topliss-reactive ketones (excluding diaryl/α,β-unsaturated/α-hetero) is 1. The van der Waals surface area contributed by atoms with E-state index in [-0.39, 0.29) is 17.5 Å². The van der Waals surface area contributed by atoms with Gasteiger partial charge in [-0.15, -0.1) is 0 Å². The predicted octanol–water partition coefficient (Wildman–Crippen LogP) is 4.81. The van der Waals surface area contributed by atoms with E-state index >= 15 is 4.39 Å². The number of carbonyl (C=O) groups is 1. The first-order valence-corrected chi connectivity index (χ1v) is 11.1. The van der Waals surface area contributed by atoms with Gasteiger partial charge in [-0.25, -0.2) is 4.39 Å². The van der Waals surface area contributed by atoms with E-state index in [9.17, 15) is 4.79 Å². The minimum absolute atomic E-state index is 0.0489. The Hall–Kier alpha value is -2.66. The largest absolute Gasteiger partial charge is 0.496 e. The molecule has 0 spiro atoms. The lowest BCUT2D eigenvalue weighted by Crippen LogP contribution is -2.49. The van der Waals surface area contributed by atoms with E-state index in [0.29, 0.717) is 30.0 Å². The number of fused-ring (bicyclic) bond motifs is 1. The minimum Gasteiger partial charge on any atom is -0.496 e. The van der Waals surface area contributed by atoms with E-state index in [0.717, 1.165) is 47.8 Å². The van der Waals surface area contributed by atoms with Gasteiger partial charge in [-0.05, 0) is 66.3 Å².